The van der Waals surface area contributed by atoms with E-state index in [9.17, 15) is 4.79 Å². The van der Waals surface area contributed by atoms with Gasteiger partial charge in [0.2, 0.25) is 0 Å². The van der Waals surface area contributed by atoms with Crippen LogP contribution in [0.15, 0.2) is 4.79 Å². The molecule has 0 saturated carbocycles. The van der Waals surface area contributed by atoms with Gasteiger partial charge >= 0.3 is 11.7 Å². The fourth-order valence-electron chi connectivity index (χ4n) is 2.99. The lowest BCUT2D eigenvalue weighted by molar-refractivity contribution is 0.172. The average molecular weight is 380 g/mol. The number of nitrogens with two attached hydrogens (primary N) is 1. The Hall–Kier alpha value is -2.13. The number of methoxy groups -OCH3 is 1. The van der Waals surface area contributed by atoms with Gasteiger partial charge in [-0.1, -0.05) is 13.3 Å². The SMILES string of the molecule is CCCC(C)Oc1nc(N)c2[nH]c(=O)n(CCCCNC(C)COC)c2n1. The molecule has 9 heteroatoms. The molecule has 0 bridgehead atoms. The molecule has 2 heterocycles. The second-order valence-corrected chi connectivity index (χ2v) is 6.91. The van der Waals surface area contributed by atoms with Crippen molar-refractivity contribution in [3.63, 3.8) is 0 Å². The molecule has 0 aromatic carbocycles. The molecular formula is C18H32N6O3. The van der Waals surface area contributed by atoms with Gasteiger partial charge < -0.3 is 25.5 Å². The van der Waals surface area contributed by atoms with Crippen molar-refractivity contribution < 1.29 is 9.47 Å². The van der Waals surface area contributed by atoms with Crippen LogP contribution in [0.25, 0.3) is 11.2 Å². The topological polar surface area (TPSA) is 120 Å². The molecule has 27 heavy (non-hydrogen) atoms. The van der Waals surface area contributed by atoms with Crippen molar-refractivity contribution in [2.45, 2.75) is 65.1 Å². The van der Waals surface area contributed by atoms with E-state index in [4.69, 9.17) is 15.2 Å². The Balaban J connectivity index is 2.04. The summed E-state index contributed by atoms with van der Waals surface area (Å²) in [5.74, 6) is 0.226. The third-order valence-corrected chi connectivity index (χ3v) is 4.35. The van der Waals surface area contributed by atoms with Crippen LogP contribution < -0.4 is 21.5 Å². The Morgan fingerprint density at radius 1 is 1.30 bits per heavy atom. The summed E-state index contributed by atoms with van der Waals surface area (Å²) in [6.45, 7) is 8.23. The molecular weight excluding hydrogens is 348 g/mol. The highest BCUT2D eigenvalue weighted by atomic mass is 16.5. The van der Waals surface area contributed by atoms with Crippen LogP contribution in [0.5, 0.6) is 6.01 Å². The Morgan fingerprint density at radius 2 is 2.07 bits per heavy atom. The third kappa shape index (κ3) is 5.93. The summed E-state index contributed by atoms with van der Waals surface area (Å²) in [5.41, 5.74) is 6.71. The molecule has 0 aliphatic heterocycles. The number of imidazole rings is 1. The van der Waals surface area contributed by atoms with E-state index in [1.807, 2.05) is 6.92 Å². The van der Waals surface area contributed by atoms with Gasteiger partial charge in [0.1, 0.15) is 5.52 Å². The van der Waals surface area contributed by atoms with Gasteiger partial charge in [0.05, 0.1) is 12.7 Å². The smallest absolute Gasteiger partial charge is 0.327 e. The van der Waals surface area contributed by atoms with Crippen molar-refractivity contribution in [2.24, 2.45) is 0 Å². The first-order valence-corrected chi connectivity index (χ1v) is 9.61. The second-order valence-electron chi connectivity index (χ2n) is 6.91. The van der Waals surface area contributed by atoms with Crippen LogP contribution in [0, 0.1) is 0 Å². The van der Waals surface area contributed by atoms with Gasteiger partial charge in [-0.25, -0.2) is 4.79 Å². The summed E-state index contributed by atoms with van der Waals surface area (Å²) in [6.07, 6.45) is 3.67. The molecule has 2 aromatic rings. The largest absolute Gasteiger partial charge is 0.460 e. The number of unbranched alkanes of at least 4 members (excludes halogenated alkanes) is 1. The number of fused-ring (bicyclic) bond motifs is 1. The maximum atomic E-state index is 12.3. The quantitative estimate of drug-likeness (QED) is 0.479. The number of H-pyrrole nitrogens is 1. The molecule has 9 nitrogen and oxygen atoms in total. The van der Waals surface area contributed by atoms with E-state index >= 15 is 0 Å². The lowest BCUT2D eigenvalue weighted by atomic mass is 10.2. The Morgan fingerprint density at radius 3 is 2.78 bits per heavy atom. The van der Waals surface area contributed by atoms with E-state index in [2.05, 4.69) is 34.1 Å². The lowest BCUT2D eigenvalue weighted by Gasteiger charge is -2.13. The molecule has 0 saturated heterocycles. The van der Waals surface area contributed by atoms with E-state index in [0.717, 1.165) is 32.2 Å². The number of aromatic nitrogens is 4. The predicted molar refractivity (Wildman–Crippen MR) is 106 cm³/mol. The van der Waals surface area contributed by atoms with Crippen LogP contribution in [0.2, 0.25) is 0 Å². The Labute approximate surface area is 159 Å². The number of nitrogens with one attached hydrogen (secondary N) is 2. The van der Waals surface area contributed by atoms with Gasteiger partial charge in [0.15, 0.2) is 11.5 Å². The monoisotopic (exact) mass is 380 g/mol. The van der Waals surface area contributed by atoms with Crippen LogP contribution in [-0.4, -0.2) is 51.9 Å². The molecule has 2 rings (SSSR count). The van der Waals surface area contributed by atoms with E-state index < -0.39 is 0 Å². The molecule has 4 N–H and O–H groups in total. The normalized spacial score (nSPS) is 13.8. The Kier molecular flexibility index (Phi) is 8.05. The highest BCUT2D eigenvalue weighted by Crippen LogP contribution is 2.19. The molecule has 2 unspecified atom stereocenters. The minimum Gasteiger partial charge on any atom is -0.460 e. The van der Waals surface area contributed by atoms with Gasteiger partial charge in [-0.3, -0.25) is 4.57 Å². The predicted octanol–water partition coefficient (Wildman–Crippen LogP) is 1.67. The van der Waals surface area contributed by atoms with Gasteiger partial charge in [-0.2, -0.15) is 9.97 Å². The minimum absolute atomic E-state index is 0.00821. The number of aromatic amines is 1. The summed E-state index contributed by atoms with van der Waals surface area (Å²) < 4.78 is 12.4. The number of nitrogens with zero attached hydrogens (tertiary/aromatic N) is 3. The molecule has 0 amide bonds. The highest BCUT2D eigenvalue weighted by molar-refractivity contribution is 5.81. The van der Waals surface area contributed by atoms with Crippen molar-refractivity contribution in [3.8, 4) is 6.01 Å². The molecule has 152 valence electrons. The van der Waals surface area contributed by atoms with Gasteiger partial charge in [-0.05, 0) is 39.7 Å². The molecule has 0 fully saturated rings. The zero-order valence-electron chi connectivity index (χ0n) is 16.7. The first-order chi connectivity index (χ1) is 13.0. The zero-order chi connectivity index (χ0) is 19.8. The van der Waals surface area contributed by atoms with Crippen LogP contribution in [-0.2, 0) is 11.3 Å². The standard InChI is InChI=1S/C18H32N6O3/c1-5-8-13(3)27-17-22-15(19)14-16(23-17)24(18(25)21-14)10-7-6-9-20-12(2)11-26-4/h12-13,20H,5-11H2,1-4H3,(H,21,25)(H2,19,22,23). The minimum atomic E-state index is -0.231. The van der Waals surface area contributed by atoms with E-state index in [-0.39, 0.29) is 23.6 Å². The number of anilines is 1. The van der Waals surface area contributed by atoms with Crippen molar-refractivity contribution >= 4 is 17.0 Å². The molecule has 2 atom stereocenters. The number of ether oxygens (including phenoxy) is 2. The number of nitrogen functional groups attached to an aromatic ring is 1. The van der Waals surface area contributed by atoms with Crippen molar-refractivity contribution in [3.05, 3.63) is 10.5 Å². The van der Waals surface area contributed by atoms with Gasteiger partial charge in [0.25, 0.3) is 0 Å². The fourth-order valence-corrected chi connectivity index (χ4v) is 2.99. The van der Waals surface area contributed by atoms with E-state index in [1.165, 1.54) is 0 Å². The first kappa shape index (κ1) is 21.2. The summed E-state index contributed by atoms with van der Waals surface area (Å²) in [6, 6.07) is 0.520. The average Bonchev–Trinajstić information content (AvgIpc) is 2.91. The fraction of sp³-hybridized carbons (Fsp3) is 0.722. The molecule has 2 aromatic heterocycles. The maximum Gasteiger partial charge on any atom is 0.327 e. The van der Waals surface area contributed by atoms with Gasteiger partial charge in [0, 0.05) is 19.7 Å². The summed E-state index contributed by atoms with van der Waals surface area (Å²) >= 11 is 0. The lowest BCUT2D eigenvalue weighted by Crippen LogP contribution is -2.31. The number of hydrogen-bond acceptors (Lipinski definition) is 7. The van der Waals surface area contributed by atoms with Crippen molar-refractivity contribution in [1.82, 2.24) is 24.8 Å². The Bertz CT molecular complexity index is 772. The van der Waals surface area contributed by atoms with E-state index in [0.29, 0.717) is 30.4 Å². The first-order valence-electron chi connectivity index (χ1n) is 9.61. The third-order valence-electron chi connectivity index (χ3n) is 4.35. The van der Waals surface area contributed by atoms with Crippen LogP contribution >= 0.6 is 0 Å². The van der Waals surface area contributed by atoms with Crippen LogP contribution in [0.4, 0.5) is 5.82 Å². The number of hydrogen-bond donors (Lipinski definition) is 3. The molecule has 0 aliphatic carbocycles. The van der Waals surface area contributed by atoms with Crippen LogP contribution in [0.3, 0.4) is 0 Å². The van der Waals surface area contributed by atoms with Crippen LogP contribution in [0.1, 0.15) is 46.5 Å². The second kappa shape index (κ2) is 10.3. The van der Waals surface area contributed by atoms with Crippen molar-refractivity contribution in [1.29, 1.82) is 0 Å². The highest BCUT2D eigenvalue weighted by Gasteiger charge is 2.15. The summed E-state index contributed by atoms with van der Waals surface area (Å²) in [5, 5.41) is 3.38. The summed E-state index contributed by atoms with van der Waals surface area (Å²) in [7, 11) is 1.69. The zero-order valence-corrected chi connectivity index (χ0v) is 16.7. The number of aryl methyl sites for hydroxylation is 1. The van der Waals surface area contributed by atoms with Gasteiger partial charge in [-0.15, -0.1) is 0 Å². The molecule has 0 aliphatic rings. The molecule has 0 radical (unpaired) electrons. The van der Waals surface area contributed by atoms with E-state index in [1.54, 1.807) is 11.7 Å². The summed E-state index contributed by atoms with van der Waals surface area (Å²) in [4.78, 5) is 23.6. The van der Waals surface area contributed by atoms with Crippen molar-refractivity contribution in [2.75, 3.05) is 26.0 Å². The number of rotatable bonds is 12. The molecule has 0 spiro atoms. The maximum absolute atomic E-state index is 12.3.